The Morgan fingerprint density at radius 3 is 3.09 bits per heavy atom. The Labute approximate surface area is 122 Å². The zero-order valence-corrected chi connectivity index (χ0v) is 11.9. The number of hydrogen-bond acceptors (Lipinski definition) is 8. The van der Waals surface area contributed by atoms with E-state index in [-0.39, 0.29) is 17.6 Å². The molecule has 1 unspecified atom stereocenters. The van der Waals surface area contributed by atoms with Crippen molar-refractivity contribution in [3.63, 3.8) is 0 Å². The largest absolute Gasteiger partial charge is 0.756 e. The number of hydrogen-bond donors (Lipinski definition) is 3. The molecular formula is C10H12N4O7P-. The number of H-pyrrole nitrogens is 1. The highest BCUT2D eigenvalue weighted by Crippen LogP contribution is 2.35. The highest BCUT2D eigenvalue weighted by Gasteiger charge is 2.36. The Morgan fingerprint density at radius 2 is 2.36 bits per heavy atom. The molecule has 22 heavy (non-hydrogen) atoms. The molecule has 0 aromatic carbocycles. The molecule has 3 heterocycles. The lowest BCUT2D eigenvalue weighted by Crippen LogP contribution is -2.26. The number of nitrogens with zero attached hydrogens (tertiary/aromatic N) is 3. The minimum Gasteiger partial charge on any atom is -0.756 e. The normalized spacial score (nSPS) is 28.0. The number of rotatable bonds is 4. The molecule has 2 aromatic heterocycles. The van der Waals surface area contributed by atoms with E-state index in [4.69, 9.17) is 9.63 Å². The van der Waals surface area contributed by atoms with Crippen LogP contribution >= 0.6 is 7.82 Å². The van der Waals surface area contributed by atoms with Gasteiger partial charge >= 0.3 is 0 Å². The van der Waals surface area contributed by atoms with Gasteiger partial charge in [0.15, 0.2) is 11.2 Å². The molecule has 0 saturated carbocycles. The number of nitrogens with one attached hydrogen (secondary N) is 1. The molecule has 0 spiro atoms. The third kappa shape index (κ3) is 2.95. The Balaban J connectivity index is 1.80. The molecule has 0 amide bonds. The van der Waals surface area contributed by atoms with Crippen LogP contribution in [0.25, 0.3) is 11.2 Å². The zero-order chi connectivity index (χ0) is 15.9. The fourth-order valence-electron chi connectivity index (χ4n) is 2.28. The van der Waals surface area contributed by atoms with Gasteiger partial charge in [-0.05, 0) is 0 Å². The summed E-state index contributed by atoms with van der Waals surface area (Å²) in [6.07, 6.45) is 0.0528. The zero-order valence-electron chi connectivity index (χ0n) is 11.0. The van der Waals surface area contributed by atoms with Crippen molar-refractivity contribution in [3.8, 4) is 0 Å². The van der Waals surface area contributed by atoms with E-state index in [2.05, 4.69) is 19.5 Å². The molecule has 0 bridgehead atoms. The third-order valence-corrected chi connectivity index (χ3v) is 3.76. The number of aliphatic hydroxyl groups is 1. The van der Waals surface area contributed by atoms with Crippen LogP contribution in [0.4, 0.5) is 0 Å². The summed E-state index contributed by atoms with van der Waals surface area (Å²) in [6, 6.07) is 0. The molecule has 1 aliphatic heterocycles. The molecule has 0 radical (unpaired) electrons. The summed E-state index contributed by atoms with van der Waals surface area (Å²) in [4.78, 5) is 41.0. The van der Waals surface area contributed by atoms with Crippen LogP contribution in [0.3, 0.4) is 0 Å². The molecule has 12 heteroatoms. The Bertz CT molecular complexity index is 783. The molecule has 3 rings (SSSR count). The van der Waals surface area contributed by atoms with E-state index < -0.39 is 38.4 Å². The van der Waals surface area contributed by atoms with Crippen LogP contribution in [0.2, 0.25) is 0 Å². The molecule has 3 N–H and O–H groups in total. The summed E-state index contributed by atoms with van der Waals surface area (Å²) in [5.74, 6) is 0. The van der Waals surface area contributed by atoms with Crippen LogP contribution in [-0.4, -0.2) is 48.3 Å². The van der Waals surface area contributed by atoms with Gasteiger partial charge in [-0.1, -0.05) is 0 Å². The van der Waals surface area contributed by atoms with E-state index in [1.807, 2.05) is 0 Å². The Hall–Kier alpha value is -1.62. The fourth-order valence-corrected chi connectivity index (χ4v) is 2.61. The second-order valence-corrected chi connectivity index (χ2v) is 5.95. The van der Waals surface area contributed by atoms with E-state index in [0.717, 1.165) is 0 Å². The molecule has 1 aliphatic rings. The molecule has 1 saturated heterocycles. The fraction of sp³-hybridized carbons (Fsp3) is 0.500. The number of aromatic nitrogens is 4. The maximum absolute atomic E-state index is 11.6. The molecule has 2 aromatic rings. The monoisotopic (exact) mass is 331 g/mol. The molecular weight excluding hydrogens is 319 g/mol. The lowest BCUT2D eigenvalue weighted by Gasteiger charge is -2.20. The van der Waals surface area contributed by atoms with Gasteiger partial charge in [0.1, 0.15) is 12.3 Å². The molecule has 4 atom stereocenters. The van der Waals surface area contributed by atoms with Crippen molar-refractivity contribution in [2.45, 2.75) is 24.9 Å². The van der Waals surface area contributed by atoms with Gasteiger partial charge in [-0.25, -0.2) is 9.97 Å². The summed E-state index contributed by atoms with van der Waals surface area (Å²) < 4.78 is 21.8. The van der Waals surface area contributed by atoms with Crippen LogP contribution in [0.5, 0.6) is 0 Å². The van der Waals surface area contributed by atoms with Gasteiger partial charge in [-0.2, -0.15) is 0 Å². The van der Waals surface area contributed by atoms with E-state index in [1.165, 1.54) is 17.2 Å². The second-order valence-electron chi connectivity index (χ2n) is 4.75. The standard InChI is InChI=1S/C10H13N4O7P/c15-5-1-7(21-6(5)2-20-22(17,18)19)14-4-13-8-9(14)11-3-12-10(8)16/h3-7,15H,1-2H2,(H,11,12,16)(H2,17,18,19)/p-1/t5-,6+,7+/m0/s1. The number of aliphatic hydroxyl groups excluding tert-OH is 1. The van der Waals surface area contributed by atoms with Crippen LogP contribution in [0.15, 0.2) is 17.4 Å². The average Bonchev–Trinajstić information content (AvgIpc) is 3.00. The SMILES string of the molecule is O=c1[nH]cnc2c1ncn2[C@H]1C[C@H](O)[C@@H](COP(=O)([O-])O)O1. The van der Waals surface area contributed by atoms with Crippen LogP contribution in [-0.2, 0) is 13.8 Å². The molecule has 0 aliphatic carbocycles. The van der Waals surface area contributed by atoms with Crippen molar-refractivity contribution in [1.82, 2.24) is 19.5 Å². The van der Waals surface area contributed by atoms with Gasteiger partial charge in [-0.15, -0.1) is 0 Å². The highest BCUT2D eigenvalue weighted by molar-refractivity contribution is 7.44. The van der Waals surface area contributed by atoms with Crippen molar-refractivity contribution in [1.29, 1.82) is 0 Å². The molecule has 11 nitrogen and oxygen atoms in total. The smallest absolute Gasteiger partial charge is 0.278 e. The van der Waals surface area contributed by atoms with Crippen LogP contribution in [0.1, 0.15) is 12.6 Å². The van der Waals surface area contributed by atoms with Gasteiger partial charge in [0.25, 0.3) is 13.4 Å². The quantitative estimate of drug-likeness (QED) is 0.551. The van der Waals surface area contributed by atoms with E-state index >= 15 is 0 Å². The summed E-state index contributed by atoms with van der Waals surface area (Å²) >= 11 is 0. The predicted molar refractivity (Wildman–Crippen MR) is 68.5 cm³/mol. The molecule has 1 fully saturated rings. The van der Waals surface area contributed by atoms with Crippen molar-refractivity contribution >= 4 is 19.0 Å². The third-order valence-electron chi connectivity index (χ3n) is 3.28. The minimum absolute atomic E-state index is 0.125. The average molecular weight is 331 g/mol. The maximum Gasteiger partial charge on any atom is 0.278 e. The number of ether oxygens (including phenoxy) is 1. The number of fused-ring (bicyclic) bond motifs is 1. The number of phosphoric acid groups is 1. The van der Waals surface area contributed by atoms with Gasteiger partial charge in [-0.3, -0.25) is 13.9 Å². The van der Waals surface area contributed by atoms with Gasteiger partial charge in [0, 0.05) is 6.42 Å². The highest BCUT2D eigenvalue weighted by atomic mass is 31.2. The van der Waals surface area contributed by atoms with E-state index in [0.29, 0.717) is 0 Å². The van der Waals surface area contributed by atoms with Crippen molar-refractivity contribution in [3.05, 3.63) is 23.0 Å². The maximum atomic E-state index is 11.6. The topological polar surface area (TPSA) is 163 Å². The van der Waals surface area contributed by atoms with Gasteiger partial charge in [0.2, 0.25) is 0 Å². The first kappa shape index (κ1) is 15.3. The number of imidazole rings is 1. The van der Waals surface area contributed by atoms with Gasteiger partial charge < -0.3 is 29.1 Å². The van der Waals surface area contributed by atoms with Crippen molar-refractivity contribution in [2.24, 2.45) is 0 Å². The Kier molecular flexibility index (Phi) is 3.85. The summed E-state index contributed by atoms with van der Waals surface area (Å²) in [5, 5.41) is 9.88. The Morgan fingerprint density at radius 1 is 1.59 bits per heavy atom. The lowest BCUT2D eigenvalue weighted by molar-refractivity contribution is -0.222. The van der Waals surface area contributed by atoms with Crippen molar-refractivity contribution < 1.29 is 28.7 Å². The van der Waals surface area contributed by atoms with E-state index in [9.17, 15) is 19.4 Å². The minimum atomic E-state index is -4.89. The van der Waals surface area contributed by atoms with Crippen molar-refractivity contribution in [2.75, 3.05) is 6.61 Å². The predicted octanol–water partition coefficient (Wildman–Crippen LogP) is -1.75. The molecule has 120 valence electrons. The van der Waals surface area contributed by atoms with Crippen LogP contribution in [0, 0.1) is 0 Å². The first-order valence-corrected chi connectivity index (χ1v) is 7.77. The lowest BCUT2D eigenvalue weighted by atomic mass is 10.2. The van der Waals surface area contributed by atoms with Gasteiger partial charge in [0.05, 0.1) is 25.4 Å². The first-order valence-electron chi connectivity index (χ1n) is 6.27. The summed E-state index contributed by atoms with van der Waals surface area (Å²) in [6.45, 7) is -0.518. The van der Waals surface area contributed by atoms with E-state index in [1.54, 1.807) is 0 Å². The second kappa shape index (κ2) is 5.54. The summed E-state index contributed by atoms with van der Waals surface area (Å²) in [7, 11) is -4.89. The van der Waals surface area contributed by atoms with Crippen LogP contribution < -0.4 is 10.5 Å². The first-order chi connectivity index (χ1) is 10.3. The number of phosphoric ester groups is 1. The number of aromatic amines is 1. The summed E-state index contributed by atoms with van der Waals surface area (Å²) in [5.41, 5.74) is -0.00590.